The van der Waals surface area contributed by atoms with Gasteiger partial charge in [-0.1, -0.05) is 33.1 Å². The normalized spacial score (nSPS) is 11.3. The van der Waals surface area contributed by atoms with Crippen molar-refractivity contribution < 1.29 is 9.47 Å². The van der Waals surface area contributed by atoms with Crippen LogP contribution in [0.4, 0.5) is 0 Å². The van der Waals surface area contributed by atoms with Gasteiger partial charge in [-0.2, -0.15) is 0 Å². The largest absolute Gasteiger partial charge is 0.353 e. The summed E-state index contributed by atoms with van der Waals surface area (Å²) in [5.41, 5.74) is 0. The van der Waals surface area contributed by atoms with Gasteiger partial charge in [0.05, 0.1) is 0 Å². The van der Waals surface area contributed by atoms with Gasteiger partial charge in [0.1, 0.15) is 0 Å². The second-order valence-corrected chi connectivity index (χ2v) is 4.79. The van der Waals surface area contributed by atoms with E-state index < -0.39 is 0 Å². The molecule has 0 radical (unpaired) electrons. The van der Waals surface area contributed by atoms with E-state index in [9.17, 15) is 0 Å². The maximum atomic E-state index is 5.75. The van der Waals surface area contributed by atoms with Crippen LogP contribution in [-0.2, 0) is 9.47 Å². The van der Waals surface area contributed by atoms with Gasteiger partial charge in [-0.3, -0.25) is 0 Å². The van der Waals surface area contributed by atoms with Gasteiger partial charge in [-0.05, 0) is 32.1 Å². The molecule has 0 heterocycles. The molecule has 0 rings (SSSR count). The van der Waals surface area contributed by atoms with Gasteiger partial charge in [0, 0.05) is 19.1 Å². The van der Waals surface area contributed by atoms with E-state index in [1.165, 1.54) is 19.3 Å². The molecule has 0 aromatic carbocycles. The Morgan fingerprint density at radius 3 is 1.88 bits per heavy atom. The Morgan fingerprint density at radius 2 is 1.41 bits per heavy atom. The summed E-state index contributed by atoms with van der Waals surface area (Å²) in [6.07, 6.45) is 9.02. The van der Waals surface area contributed by atoms with Crippen LogP contribution in [0.5, 0.6) is 0 Å². The van der Waals surface area contributed by atoms with Crippen molar-refractivity contribution in [1.82, 2.24) is 0 Å². The minimum absolute atomic E-state index is 0.00317. The fraction of sp³-hybridized carbons (Fsp3) is 1.00. The molecule has 0 aliphatic rings. The van der Waals surface area contributed by atoms with E-state index in [2.05, 4.69) is 13.8 Å². The van der Waals surface area contributed by atoms with Crippen molar-refractivity contribution in [3.8, 4) is 0 Å². The number of alkyl halides is 1. The highest BCUT2D eigenvalue weighted by Crippen LogP contribution is 2.10. The molecule has 0 bridgehead atoms. The summed E-state index contributed by atoms with van der Waals surface area (Å²) in [7, 11) is 0. The minimum atomic E-state index is 0.00317. The molecular weight excluding hydrogens is 236 g/mol. The molecule has 104 valence electrons. The molecule has 0 spiro atoms. The van der Waals surface area contributed by atoms with Gasteiger partial charge in [-0.25, -0.2) is 0 Å². The molecule has 0 aliphatic carbocycles. The third-order valence-electron chi connectivity index (χ3n) is 2.68. The van der Waals surface area contributed by atoms with Crippen LogP contribution >= 0.6 is 11.6 Å². The smallest absolute Gasteiger partial charge is 0.157 e. The van der Waals surface area contributed by atoms with Gasteiger partial charge in [-0.15, -0.1) is 11.6 Å². The first-order valence-corrected chi connectivity index (χ1v) is 7.67. The number of halogens is 1. The second kappa shape index (κ2) is 14.3. The number of hydrogen-bond donors (Lipinski definition) is 0. The highest BCUT2D eigenvalue weighted by atomic mass is 35.5. The van der Waals surface area contributed by atoms with E-state index in [0.29, 0.717) is 0 Å². The number of rotatable bonds is 13. The van der Waals surface area contributed by atoms with Gasteiger partial charge in [0.15, 0.2) is 6.29 Å². The fourth-order valence-corrected chi connectivity index (χ4v) is 1.70. The van der Waals surface area contributed by atoms with E-state index in [1.807, 2.05) is 0 Å². The minimum Gasteiger partial charge on any atom is -0.353 e. The number of ether oxygens (including phenoxy) is 2. The first-order valence-electron chi connectivity index (χ1n) is 7.14. The summed E-state index contributed by atoms with van der Waals surface area (Å²) in [5.74, 6) is 0.762. The molecule has 0 N–H and O–H groups in total. The molecule has 0 saturated heterocycles. The van der Waals surface area contributed by atoms with E-state index in [0.717, 1.165) is 51.2 Å². The summed E-state index contributed by atoms with van der Waals surface area (Å²) in [6, 6.07) is 0. The van der Waals surface area contributed by atoms with Crippen molar-refractivity contribution in [3.63, 3.8) is 0 Å². The predicted octanol–water partition coefficient (Wildman–Crippen LogP) is 4.75. The standard InChI is InChI=1S/C14H29ClO2/c1-3-5-12-16-14(17-13-6-4-2)10-8-7-9-11-15/h14H,3-13H2,1-2H3. The third kappa shape index (κ3) is 12.5. The Bertz CT molecular complexity index is 132. The lowest BCUT2D eigenvalue weighted by molar-refractivity contribution is -0.147. The zero-order chi connectivity index (χ0) is 12.8. The zero-order valence-electron chi connectivity index (χ0n) is 11.5. The highest BCUT2D eigenvalue weighted by Gasteiger charge is 2.08. The monoisotopic (exact) mass is 264 g/mol. The molecule has 0 aromatic heterocycles. The average Bonchev–Trinajstić information content (AvgIpc) is 2.34. The van der Waals surface area contributed by atoms with Gasteiger partial charge in [0.25, 0.3) is 0 Å². The van der Waals surface area contributed by atoms with E-state index in [1.54, 1.807) is 0 Å². The first kappa shape index (κ1) is 17.2. The van der Waals surface area contributed by atoms with Crippen LogP contribution in [0.1, 0.15) is 65.2 Å². The second-order valence-electron chi connectivity index (χ2n) is 4.42. The molecule has 0 aromatic rings. The quantitative estimate of drug-likeness (QED) is 0.272. The van der Waals surface area contributed by atoms with Crippen LogP contribution < -0.4 is 0 Å². The van der Waals surface area contributed by atoms with Crippen molar-refractivity contribution in [2.75, 3.05) is 19.1 Å². The lowest BCUT2D eigenvalue weighted by atomic mass is 10.2. The van der Waals surface area contributed by atoms with Crippen LogP contribution in [0.15, 0.2) is 0 Å². The Balaban J connectivity index is 3.60. The zero-order valence-corrected chi connectivity index (χ0v) is 12.3. The van der Waals surface area contributed by atoms with Crippen LogP contribution in [0.2, 0.25) is 0 Å². The van der Waals surface area contributed by atoms with Gasteiger partial charge >= 0.3 is 0 Å². The van der Waals surface area contributed by atoms with Crippen molar-refractivity contribution in [2.45, 2.75) is 71.5 Å². The molecule has 0 atom stereocenters. The van der Waals surface area contributed by atoms with Crippen molar-refractivity contribution >= 4 is 11.6 Å². The van der Waals surface area contributed by atoms with Crippen molar-refractivity contribution in [3.05, 3.63) is 0 Å². The summed E-state index contributed by atoms with van der Waals surface area (Å²) < 4.78 is 11.5. The van der Waals surface area contributed by atoms with E-state index >= 15 is 0 Å². The van der Waals surface area contributed by atoms with Crippen molar-refractivity contribution in [2.24, 2.45) is 0 Å². The lowest BCUT2D eigenvalue weighted by Crippen LogP contribution is -2.18. The first-order chi connectivity index (χ1) is 8.35. The molecule has 0 amide bonds. The van der Waals surface area contributed by atoms with Gasteiger partial charge in [0.2, 0.25) is 0 Å². The molecule has 0 unspecified atom stereocenters. The fourth-order valence-electron chi connectivity index (χ4n) is 1.52. The maximum Gasteiger partial charge on any atom is 0.157 e. The Labute approximate surface area is 112 Å². The van der Waals surface area contributed by atoms with Crippen LogP contribution in [-0.4, -0.2) is 25.4 Å². The molecule has 0 fully saturated rings. The van der Waals surface area contributed by atoms with Crippen LogP contribution in [0.3, 0.4) is 0 Å². The topological polar surface area (TPSA) is 18.5 Å². The summed E-state index contributed by atoms with van der Waals surface area (Å²) >= 11 is 5.66. The van der Waals surface area contributed by atoms with Crippen molar-refractivity contribution in [1.29, 1.82) is 0 Å². The molecule has 0 aliphatic heterocycles. The summed E-state index contributed by atoms with van der Waals surface area (Å²) in [4.78, 5) is 0. The molecule has 3 heteroatoms. The molecule has 0 saturated carbocycles. The summed E-state index contributed by atoms with van der Waals surface area (Å²) in [5, 5.41) is 0. The van der Waals surface area contributed by atoms with E-state index in [4.69, 9.17) is 21.1 Å². The maximum absolute atomic E-state index is 5.75. The molecular formula is C14H29ClO2. The molecule has 2 nitrogen and oxygen atoms in total. The Kier molecular flexibility index (Phi) is 14.4. The SMILES string of the molecule is CCCCOC(CCCCCCl)OCCCC. The summed E-state index contributed by atoms with van der Waals surface area (Å²) in [6.45, 7) is 6.00. The lowest BCUT2D eigenvalue weighted by Gasteiger charge is -2.18. The van der Waals surface area contributed by atoms with Gasteiger partial charge < -0.3 is 9.47 Å². The third-order valence-corrected chi connectivity index (χ3v) is 2.94. The predicted molar refractivity (Wildman–Crippen MR) is 74.7 cm³/mol. The Morgan fingerprint density at radius 1 is 0.824 bits per heavy atom. The average molecular weight is 265 g/mol. The Hall–Kier alpha value is 0.210. The van der Waals surface area contributed by atoms with Crippen LogP contribution in [0.25, 0.3) is 0 Å². The number of unbranched alkanes of at least 4 members (excludes halogenated alkanes) is 4. The van der Waals surface area contributed by atoms with E-state index in [-0.39, 0.29) is 6.29 Å². The number of hydrogen-bond acceptors (Lipinski definition) is 2. The highest BCUT2D eigenvalue weighted by molar-refractivity contribution is 6.17. The molecule has 17 heavy (non-hydrogen) atoms. The van der Waals surface area contributed by atoms with Crippen LogP contribution in [0, 0.1) is 0 Å².